The van der Waals surface area contributed by atoms with Gasteiger partial charge in [-0.15, -0.1) is 22.7 Å². The smallest absolute Gasteiger partial charge is 0.191 e. The molecular formula is C20H26N4OS2. The fraction of sp³-hybridized carbons (Fsp3) is 0.400. The number of furan rings is 1. The van der Waals surface area contributed by atoms with Gasteiger partial charge in [0.2, 0.25) is 0 Å². The van der Waals surface area contributed by atoms with E-state index in [-0.39, 0.29) is 0 Å². The number of hydrogen-bond donors (Lipinski definition) is 2. The summed E-state index contributed by atoms with van der Waals surface area (Å²) in [6.07, 6.45) is 5.47. The van der Waals surface area contributed by atoms with Crippen molar-refractivity contribution in [3.05, 3.63) is 62.6 Å². The third kappa shape index (κ3) is 6.52. The Labute approximate surface area is 168 Å². The lowest BCUT2D eigenvalue weighted by Crippen LogP contribution is -2.39. The Balaban J connectivity index is 1.53. The van der Waals surface area contributed by atoms with E-state index in [4.69, 9.17) is 9.41 Å². The minimum atomic E-state index is 0.310. The maximum atomic E-state index is 5.40. The van der Waals surface area contributed by atoms with Crippen LogP contribution in [-0.4, -0.2) is 30.6 Å². The summed E-state index contributed by atoms with van der Waals surface area (Å²) in [4.78, 5) is 11.9. The Morgan fingerprint density at radius 3 is 2.74 bits per heavy atom. The van der Waals surface area contributed by atoms with E-state index in [0.29, 0.717) is 12.5 Å². The molecule has 0 amide bonds. The largest absolute Gasteiger partial charge is 0.469 e. The molecule has 2 N–H and O–H groups in total. The van der Waals surface area contributed by atoms with Gasteiger partial charge in [-0.2, -0.15) is 0 Å². The molecule has 0 aliphatic carbocycles. The highest BCUT2D eigenvalue weighted by molar-refractivity contribution is 7.11. The number of nitrogens with one attached hydrogen (secondary N) is 2. The van der Waals surface area contributed by atoms with E-state index in [9.17, 15) is 0 Å². The number of aryl methyl sites for hydroxylation is 1. The van der Waals surface area contributed by atoms with Crippen molar-refractivity contribution >= 4 is 28.6 Å². The summed E-state index contributed by atoms with van der Waals surface area (Å²) in [6.45, 7) is 6.61. The van der Waals surface area contributed by atoms with E-state index in [1.54, 1.807) is 28.9 Å². The van der Waals surface area contributed by atoms with Gasteiger partial charge in [-0.3, -0.25) is 4.99 Å². The van der Waals surface area contributed by atoms with Gasteiger partial charge >= 0.3 is 0 Å². The van der Waals surface area contributed by atoms with E-state index in [2.05, 4.69) is 47.0 Å². The Morgan fingerprint density at radius 2 is 2.07 bits per heavy atom. The zero-order valence-electron chi connectivity index (χ0n) is 15.8. The molecule has 0 radical (unpaired) electrons. The van der Waals surface area contributed by atoms with Crippen LogP contribution in [0.1, 0.15) is 33.4 Å². The number of hydrogen-bond acceptors (Lipinski definition) is 5. The molecule has 3 aromatic rings. The molecule has 0 fully saturated rings. The Kier molecular flexibility index (Phi) is 7.47. The summed E-state index contributed by atoms with van der Waals surface area (Å²) in [5, 5.41) is 10.1. The lowest BCUT2D eigenvalue weighted by Gasteiger charge is -2.13. The van der Waals surface area contributed by atoms with Crippen molar-refractivity contribution in [3.63, 3.8) is 0 Å². The quantitative estimate of drug-likeness (QED) is 0.415. The number of thiazole rings is 1. The highest BCUT2D eigenvalue weighted by Gasteiger charge is 2.10. The van der Waals surface area contributed by atoms with Crippen molar-refractivity contribution < 1.29 is 4.42 Å². The van der Waals surface area contributed by atoms with Crippen LogP contribution in [0.4, 0.5) is 0 Å². The van der Waals surface area contributed by atoms with E-state index < -0.39 is 0 Å². The topological polar surface area (TPSA) is 62.5 Å². The van der Waals surface area contributed by atoms with Crippen LogP contribution in [0.5, 0.6) is 0 Å². The minimum Gasteiger partial charge on any atom is -0.469 e. The van der Waals surface area contributed by atoms with Crippen molar-refractivity contribution in [2.24, 2.45) is 4.99 Å². The lowest BCUT2D eigenvalue weighted by molar-refractivity contribution is 0.506. The first-order valence-corrected chi connectivity index (χ1v) is 10.9. The monoisotopic (exact) mass is 402 g/mol. The lowest BCUT2D eigenvalue weighted by atomic mass is 10.2. The summed E-state index contributed by atoms with van der Waals surface area (Å²) in [5.41, 5.74) is 0. The Hall–Kier alpha value is -2.12. The molecule has 0 aromatic carbocycles. The van der Waals surface area contributed by atoms with Gasteiger partial charge in [0.1, 0.15) is 5.76 Å². The van der Waals surface area contributed by atoms with Crippen LogP contribution < -0.4 is 10.6 Å². The molecule has 0 aliphatic heterocycles. The summed E-state index contributed by atoms with van der Waals surface area (Å²) in [6, 6.07) is 8.17. The van der Waals surface area contributed by atoms with E-state index >= 15 is 0 Å². The predicted molar refractivity (Wildman–Crippen MR) is 114 cm³/mol. The molecule has 5 nitrogen and oxygen atoms in total. The van der Waals surface area contributed by atoms with E-state index in [1.807, 2.05) is 18.3 Å². The van der Waals surface area contributed by atoms with Gasteiger partial charge in [-0.1, -0.05) is 13.0 Å². The molecule has 3 aromatic heterocycles. The normalized spacial score (nSPS) is 12.9. The van der Waals surface area contributed by atoms with Gasteiger partial charge in [0.15, 0.2) is 5.96 Å². The molecule has 0 saturated heterocycles. The van der Waals surface area contributed by atoms with Gasteiger partial charge < -0.3 is 15.1 Å². The van der Waals surface area contributed by atoms with Crippen LogP contribution in [-0.2, 0) is 12.8 Å². The van der Waals surface area contributed by atoms with Crippen LogP contribution in [0.2, 0.25) is 0 Å². The van der Waals surface area contributed by atoms with Crippen LogP contribution in [0.25, 0.3) is 0 Å². The highest BCUT2D eigenvalue weighted by atomic mass is 32.1. The maximum Gasteiger partial charge on any atom is 0.191 e. The molecule has 3 heterocycles. The minimum absolute atomic E-state index is 0.310. The molecule has 144 valence electrons. The highest BCUT2D eigenvalue weighted by Crippen LogP contribution is 2.21. The summed E-state index contributed by atoms with van der Waals surface area (Å²) in [5.74, 6) is 2.13. The number of rotatable bonds is 9. The number of guanidine groups is 1. The Bertz CT molecular complexity index is 767. The van der Waals surface area contributed by atoms with Crippen LogP contribution in [0.3, 0.4) is 0 Å². The molecule has 0 bridgehead atoms. The van der Waals surface area contributed by atoms with Crippen LogP contribution in [0.15, 0.2) is 51.5 Å². The average molecular weight is 403 g/mol. The first-order chi connectivity index (χ1) is 13.2. The van der Waals surface area contributed by atoms with E-state index in [0.717, 1.165) is 42.7 Å². The first kappa shape index (κ1) is 19.6. The zero-order valence-corrected chi connectivity index (χ0v) is 17.4. The second-order valence-corrected chi connectivity index (χ2v) is 8.71. The molecule has 3 rings (SSSR count). The van der Waals surface area contributed by atoms with Gasteiger partial charge in [-0.25, -0.2) is 4.98 Å². The maximum absolute atomic E-state index is 5.40. The second-order valence-electron chi connectivity index (χ2n) is 6.41. The zero-order chi connectivity index (χ0) is 18.9. The van der Waals surface area contributed by atoms with Crippen molar-refractivity contribution in [2.75, 3.05) is 19.6 Å². The van der Waals surface area contributed by atoms with Gasteiger partial charge in [0.25, 0.3) is 0 Å². The number of aliphatic imine (C=N–C) groups is 1. The van der Waals surface area contributed by atoms with Gasteiger partial charge in [0.05, 0.1) is 17.8 Å². The van der Waals surface area contributed by atoms with Gasteiger partial charge in [-0.05, 0) is 36.9 Å². The van der Waals surface area contributed by atoms with Crippen LogP contribution >= 0.6 is 22.7 Å². The molecule has 1 atom stereocenters. The molecule has 27 heavy (non-hydrogen) atoms. The molecule has 7 heteroatoms. The van der Waals surface area contributed by atoms with Crippen molar-refractivity contribution in [1.29, 1.82) is 0 Å². The molecule has 0 saturated carbocycles. The molecular weight excluding hydrogens is 376 g/mol. The standard InChI is InChI=1S/C20H26N4OS2/c1-15(19-23-14-16(2)27-19)13-24-20(21-9-7-17-5-3-11-25-17)22-10-8-18-6-4-12-26-18/h3-6,11-12,14-15H,7-10,13H2,1-2H3,(H2,21,22,24). The summed E-state index contributed by atoms with van der Waals surface area (Å²) < 4.78 is 5.40. The fourth-order valence-corrected chi connectivity index (χ4v) is 4.12. The molecule has 0 aliphatic rings. The molecule has 0 spiro atoms. The predicted octanol–water partition coefficient (Wildman–Crippen LogP) is 4.23. The summed E-state index contributed by atoms with van der Waals surface area (Å²) >= 11 is 3.54. The first-order valence-electron chi connectivity index (χ1n) is 9.20. The number of aromatic nitrogens is 1. The fourth-order valence-electron chi connectivity index (χ4n) is 2.60. The Morgan fingerprint density at radius 1 is 1.22 bits per heavy atom. The second kappa shape index (κ2) is 10.3. The number of thiophene rings is 1. The average Bonchev–Trinajstić information content (AvgIpc) is 3.42. The van der Waals surface area contributed by atoms with Crippen molar-refractivity contribution in [3.8, 4) is 0 Å². The SMILES string of the molecule is Cc1cnc(C(C)CN=C(NCCc2ccco2)NCCc2cccs2)s1. The summed E-state index contributed by atoms with van der Waals surface area (Å²) in [7, 11) is 0. The van der Waals surface area contributed by atoms with Crippen molar-refractivity contribution in [2.45, 2.75) is 32.6 Å². The van der Waals surface area contributed by atoms with E-state index in [1.165, 1.54) is 9.75 Å². The van der Waals surface area contributed by atoms with Crippen LogP contribution in [0, 0.1) is 6.92 Å². The molecule has 1 unspecified atom stereocenters. The van der Waals surface area contributed by atoms with Crippen molar-refractivity contribution in [1.82, 2.24) is 15.6 Å². The van der Waals surface area contributed by atoms with Gasteiger partial charge in [0, 0.05) is 41.4 Å². The third-order valence-electron chi connectivity index (χ3n) is 4.07. The number of nitrogens with zero attached hydrogens (tertiary/aromatic N) is 2. The third-order valence-corrected chi connectivity index (χ3v) is 6.15.